The van der Waals surface area contributed by atoms with E-state index in [-0.39, 0.29) is 0 Å². The summed E-state index contributed by atoms with van der Waals surface area (Å²) in [7, 11) is 0. The maximum absolute atomic E-state index is 4.96. The minimum atomic E-state index is -0.501. The van der Waals surface area contributed by atoms with Crippen LogP contribution in [0, 0.1) is 12.8 Å². The molecule has 0 radical (unpaired) electrons. The summed E-state index contributed by atoms with van der Waals surface area (Å²) in [5.74, 6) is 1.93. The second-order valence-corrected chi connectivity index (χ2v) is 12.4. The second kappa shape index (κ2) is 14.0. The van der Waals surface area contributed by atoms with Crippen LogP contribution in [0.2, 0.25) is 0 Å². The van der Waals surface area contributed by atoms with Crippen molar-refractivity contribution in [1.29, 1.82) is 0 Å². The molecule has 8 aromatic rings. The van der Waals surface area contributed by atoms with Gasteiger partial charge in [0.15, 0.2) is 17.5 Å². The molecule has 1 aliphatic heterocycles. The van der Waals surface area contributed by atoms with Gasteiger partial charge in [0.05, 0.1) is 16.8 Å². The number of fused-ring (bicyclic) bond motifs is 2. The van der Waals surface area contributed by atoms with Crippen LogP contribution in [0.15, 0.2) is 194 Å². The molecule has 0 saturated carbocycles. The van der Waals surface area contributed by atoms with E-state index >= 15 is 0 Å². The molecule has 0 aliphatic carbocycles. The summed E-state index contributed by atoms with van der Waals surface area (Å²) in [6.45, 7) is 0. The zero-order valence-corrected chi connectivity index (χ0v) is 28.4. The zero-order valence-electron chi connectivity index (χ0n) is 28.4. The van der Waals surface area contributed by atoms with Crippen LogP contribution in [0.1, 0.15) is 22.3 Å². The van der Waals surface area contributed by atoms with Crippen LogP contribution in [0.5, 0.6) is 0 Å². The van der Waals surface area contributed by atoms with Crippen LogP contribution in [0.3, 0.4) is 0 Å². The molecular formula is C48H34N4. The first-order valence-electron chi connectivity index (χ1n) is 17.2. The topological polar surface area (TPSA) is 41.9 Å². The van der Waals surface area contributed by atoms with Crippen LogP contribution in [0.25, 0.3) is 34.2 Å². The van der Waals surface area contributed by atoms with Gasteiger partial charge in [0.2, 0.25) is 0 Å². The number of para-hydroxylation sites is 2. The summed E-state index contributed by atoms with van der Waals surface area (Å²) < 4.78 is 0. The molecule has 4 nitrogen and oxygen atoms in total. The highest BCUT2D eigenvalue weighted by molar-refractivity contribution is 5.89. The van der Waals surface area contributed by atoms with Gasteiger partial charge in [-0.05, 0) is 58.7 Å². The fraction of sp³-hybridized carbons (Fsp3) is 0.0208. The third-order valence-corrected chi connectivity index (χ3v) is 9.59. The normalized spacial score (nSPS) is 12.5. The van der Waals surface area contributed by atoms with Gasteiger partial charge >= 0.3 is 0 Å². The molecule has 1 aliphatic rings. The first-order valence-corrected chi connectivity index (χ1v) is 17.2. The zero-order chi connectivity index (χ0) is 35.3. The lowest BCUT2D eigenvalue weighted by atomic mass is 9.62. The van der Waals surface area contributed by atoms with Crippen molar-refractivity contribution in [2.24, 2.45) is 0 Å². The van der Waals surface area contributed by atoms with Crippen LogP contribution < -0.4 is 4.90 Å². The number of aromatic nitrogens is 3. The first kappa shape index (κ1) is 32.1. The summed E-state index contributed by atoms with van der Waals surface area (Å²) in [5.41, 5.74) is 10.6. The molecule has 0 spiro atoms. The van der Waals surface area contributed by atoms with Gasteiger partial charge in [0, 0.05) is 22.4 Å². The van der Waals surface area contributed by atoms with E-state index in [0.29, 0.717) is 17.5 Å². The van der Waals surface area contributed by atoms with Crippen molar-refractivity contribution in [3.05, 3.63) is 216 Å². The highest BCUT2D eigenvalue weighted by atomic mass is 15.2. The summed E-state index contributed by atoms with van der Waals surface area (Å²) >= 11 is 0. The molecule has 9 rings (SSSR count). The number of hydrogen-bond acceptors (Lipinski definition) is 4. The van der Waals surface area contributed by atoms with Gasteiger partial charge in [-0.25, -0.2) is 15.0 Å². The minimum Gasteiger partial charge on any atom is -0.310 e. The van der Waals surface area contributed by atoms with E-state index in [0.717, 1.165) is 33.8 Å². The Bertz CT molecular complexity index is 2310. The standard InChI is InChI=1S/C46H32N4.C2H2/c1-5-17-33(18-6-1)43-47-44(34-19-7-2-8-20-34)49-45(48-43)35-29-31-38(32-30-35)50-41-27-15-13-25-39(41)46(36-21-9-3-10-22-36,37-23-11-4-12-24-37)40-26-14-16-28-42(40)50;1-2/h1-32H;1-2H. The first-order chi connectivity index (χ1) is 25.8. The number of benzene rings is 7. The molecule has 0 amide bonds. The van der Waals surface area contributed by atoms with Crippen molar-refractivity contribution in [3.63, 3.8) is 0 Å². The van der Waals surface area contributed by atoms with Gasteiger partial charge in [-0.3, -0.25) is 0 Å². The molecule has 4 heteroatoms. The van der Waals surface area contributed by atoms with E-state index in [1.165, 1.54) is 22.3 Å². The van der Waals surface area contributed by atoms with E-state index in [9.17, 15) is 0 Å². The Morgan fingerprint density at radius 1 is 0.346 bits per heavy atom. The maximum atomic E-state index is 4.96. The Hall–Kier alpha value is -7.09. The van der Waals surface area contributed by atoms with Gasteiger partial charge in [-0.15, -0.1) is 12.8 Å². The maximum Gasteiger partial charge on any atom is 0.164 e. The van der Waals surface area contributed by atoms with Gasteiger partial charge in [0.1, 0.15) is 0 Å². The molecule has 0 N–H and O–H groups in total. The van der Waals surface area contributed by atoms with E-state index < -0.39 is 5.41 Å². The summed E-state index contributed by atoms with van der Waals surface area (Å²) in [5, 5.41) is 0. The monoisotopic (exact) mass is 666 g/mol. The summed E-state index contributed by atoms with van der Waals surface area (Å²) in [4.78, 5) is 17.2. The molecule has 0 atom stereocenters. The van der Waals surface area contributed by atoms with Crippen molar-refractivity contribution in [2.75, 3.05) is 4.90 Å². The van der Waals surface area contributed by atoms with Crippen molar-refractivity contribution in [3.8, 4) is 47.0 Å². The molecule has 0 saturated heterocycles. The molecule has 0 bridgehead atoms. The van der Waals surface area contributed by atoms with E-state index in [1.54, 1.807) is 0 Å². The predicted molar refractivity (Wildman–Crippen MR) is 213 cm³/mol. The Morgan fingerprint density at radius 3 is 1.08 bits per heavy atom. The number of terminal acetylenes is 1. The average Bonchev–Trinajstić information content (AvgIpc) is 3.25. The van der Waals surface area contributed by atoms with Gasteiger partial charge in [-0.2, -0.15) is 0 Å². The number of nitrogens with zero attached hydrogens (tertiary/aromatic N) is 4. The third-order valence-electron chi connectivity index (χ3n) is 9.59. The van der Waals surface area contributed by atoms with Gasteiger partial charge in [0.25, 0.3) is 0 Å². The second-order valence-electron chi connectivity index (χ2n) is 12.4. The quantitative estimate of drug-likeness (QED) is 0.166. The largest absolute Gasteiger partial charge is 0.310 e. The van der Waals surface area contributed by atoms with Gasteiger partial charge in [-0.1, -0.05) is 158 Å². The average molecular weight is 667 g/mol. The lowest BCUT2D eigenvalue weighted by Gasteiger charge is -2.46. The molecule has 2 heterocycles. The Labute approximate surface area is 304 Å². The fourth-order valence-electron chi connectivity index (χ4n) is 7.39. The van der Waals surface area contributed by atoms with Crippen LogP contribution >= 0.6 is 0 Å². The van der Waals surface area contributed by atoms with Crippen LogP contribution in [0.4, 0.5) is 17.1 Å². The molecule has 246 valence electrons. The highest BCUT2D eigenvalue weighted by Crippen LogP contribution is 2.57. The smallest absolute Gasteiger partial charge is 0.164 e. The van der Waals surface area contributed by atoms with Crippen LogP contribution in [-0.4, -0.2) is 15.0 Å². The van der Waals surface area contributed by atoms with E-state index in [2.05, 4.69) is 151 Å². The number of anilines is 3. The highest BCUT2D eigenvalue weighted by Gasteiger charge is 2.46. The lowest BCUT2D eigenvalue weighted by Crippen LogP contribution is -2.37. The molecule has 0 fully saturated rings. The molecular weight excluding hydrogens is 633 g/mol. The van der Waals surface area contributed by atoms with Crippen LogP contribution in [-0.2, 0) is 5.41 Å². The molecule has 52 heavy (non-hydrogen) atoms. The SMILES string of the molecule is C#C.c1ccc(-c2nc(-c3ccccc3)nc(-c3ccc(N4c5ccccc5C(c5ccccc5)(c5ccccc5)c5ccccc54)cc3)n2)cc1. The Morgan fingerprint density at radius 2 is 0.673 bits per heavy atom. The van der Waals surface area contributed by atoms with E-state index in [1.807, 2.05) is 60.7 Å². The van der Waals surface area contributed by atoms with Gasteiger partial charge < -0.3 is 4.90 Å². The van der Waals surface area contributed by atoms with E-state index in [4.69, 9.17) is 15.0 Å². The predicted octanol–water partition coefficient (Wildman–Crippen LogP) is 11.3. The Balaban J connectivity index is 0.00000190. The number of hydrogen-bond donors (Lipinski definition) is 0. The fourth-order valence-corrected chi connectivity index (χ4v) is 7.39. The molecule has 1 aromatic heterocycles. The van der Waals surface area contributed by atoms with Crippen molar-refractivity contribution in [2.45, 2.75) is 5.41 Å². The lowest BCUT2D eigenvalue weighted by molar-refractivity contribution is 0.731. The minimum absolute atomic E-state index is 0.501. The molecule has 7 aromatic carbocycles. The summed E-state index contributed by atoms with van der Waals surface area (Å²) in [6, 6.07) is 68.2. The third kappa shape index (κ3) is 5.51. The summed E-state index contributed by atoms with van der Waals surface area (Å²) in [6.07, 6.45) is 8.00. The van der Waals surface area contributed by atoms with Crippen molar-refractivity contribution < 1.29 is 0 Å². The Kier molecular flexibility index (Phi) is 8.67. The number of rotatable bonds is 6. The van der Waals surface area contributed by atoms with Crippen molar-refractivity contribution in [1.82, 2.24) is 15.0 Å². The molecule has 0 unspecified atom stereocenters. The van der Waals surface area contributed by atoms with Crippen molar-refractivity contribution >= 4 is 17.1 Å².